The Hall–Kier alpha value is -2.84. The first-order valence-electron chi connectivity index (χ1n) is 12.0. The van der Waals surface area contributed by atoms with Gasteiger partial charge in [0, 0.05) is 63.1 Å². The summed E-state index contributed by atoms with van der Waals surface area (Å²) in [6, 6.07) is 13.4. The fraction of sp³-hybridized carbons (Fsp3) is 0.423. The highest BCUT2D eigenvalue weighted by Crippen LogP contribution is 2.35. The summed E-state index contributed by atoms with van der Waals surface area (Å²) >= 11 is 0. The van der Waals surface area contributed by atoms with Crippen LogP contribution in [0.3, 0.4) is 0 Å². The number of rotatable bonds is 5. The molecular formula is C26H32N4O3S. The molecule has 0 radical (unpaired) electrons. The molecule has 2 fully saturated rings. The summed E-state index contributed by atoms with van der Waals surface area (Å²) in [6.07, 6.45) is 6.06. The molecule has 2 saturated heterocycles. The lowest BCUT2D eigenvalue weighted by Gasteiger charge is -2.33. The number of nitrogens with zero attached hydrogens (tertiary/aromatic N) is 3. The fourth-order valence-corrected chi connectivity index (χ4v) is 6.22. The van der Waals surface area contributed by atoms with Crippen molar-refractivity contribution in [3.05, 3.63) is 59.8 Å². The van der Waals surface area contributed by atoms with Crippen LogP contribution in [0.4, 0.5) is 5.69 Å². The SMILES string of the molecule is CN(C)S(=O)(=O)c1ccc(N2CCCC2)c(C(=O)N2CCC(c3c[nH]c4ccccc34)CC2)c1. The first-order valence-corrected chi connectivity index (χ1v) is 13.5. The number of benzene rings is 2. The number of amides is 1. The summed E-state index contributed by atoms with van der Waals surface area (Å²) in [5.41, 5.74) is 3.80. The van der Waals surface area contributed by atoms with Gasteiger partial charge in [-0.1, -0.05) is 18.2 Å². The van der Waals surface area contributed by atoms with Gasteiger partial charge in [-0.2, -0.15) is 0 Å². The van der Waals surface area contributed by atoms with E-state index in [4.69, 9.17) is 0 Å². The molecule has 2 aliphatic heterocycles. The van der Waals surface area contributed by atoms with Gasteiger partial charge in [-0.05, 0) is 61.4 Å². The van der Waals surface area contributed by atoms with Crippen LogP contribution in [0.2, 0.25) is 0 Å². The number of nitrogens with one attached hydrogen (secondary N) is 1. The lowest BCUT2D eigenvalue weighted by Crippen LogP contribution is -2.39. The summed E-state index contributed by atoms with van der Waals surface area (Å²) < 4.78 is 26.8. The van der Waals surface area contributed by atoms with Crippen LogP contribution in [0.15, 0.2) is 53.6 Å². The lowest BCUT2D eigenvalue weighted by molar-refractivity contribution is 0.0713. The van der Waals surface area contributed by atoms with Crippen LogP contribution in [0, 0.1) is 0 Å². The van der Waals surface area contributed by atoms with Gasteiger partial charge in [-0.25, -0.2) is 12.7 Å². The van der Waals surface area contributed by atoms with Crippen molar-refractivity contribution in [3.8, 4) is 0 Å². The maximum atomic E-state index is 13.7. The predicted octanol–water partition coefficient (Wildman–Crippen LogP) is 4.04. The van der Waals surface area contributed by atoms with E-state index in [-0.39, 0.29) is 10.8 Å². The summed E-state index contributed by atoms with van der Waals surface area (Å²) in [7, 11) is -0.593. The Labute approximate surface area is 201 Å². The molecule has 0 atom stereocenters. The predicted molar refractivity (Wildman–Crippen MR) is 135 cm³/mol. The molecule has 7 nitrogen and oxygen atoms in total. The molecule has 0 aliphatic carbocycles. The average molecular weight is 481 g/mol. The second-order valence-corrected chi connectivity index (χ2v) is 11.7. The Morgan fingerprint density at radius 1 is 1.00 bits per heavy atom. The number of likely N-dealkylation sites (tertiary alicyclic amines) is 1. The van der Waals surface area contributed by atoms with E-state index in [1.54, 1.807) is 12.1 Å². The van der Waals surface area contributed by atoms with Gasteiger partial charge >= 0.3 is 0 Å². The van der Waals surface area contributed by atoms with Crippen LogP contribution in [-0.4, -0.2) is 68.8 Å². The van der Waals surface area contributed by atoms with Crippen LogP contribution < -0.4 is 4.90 Å². The fourth-order valence-electron chi connectivity index (χ4n) is 5.29. The molecule has 3 heterocycles. The van der Waals surface area contributed by atoms with Crippen molar-refractivity contribution in [2.24, 2.45) is 0 Å². The molecule has 180 valence electrons. The van der Waals surface area contributed by atoms with Gasteiger partial charge in [0.25, 0.3) is 5.91 Å². The van der Waals surface area contributed by atoms with Crippen LogP contribution in [0.5, 0.6) is 0 Å². The Balaban J connectivity index is 1.40. The van der Waals surface area contributed by atoms with Crippen molar-refractivity contribution in [1.82, 2.24) is 14.2 Å². The Kier molecular flexibility index (Phi) is 6.12. The van der Waals surface area contributed by atoms with E-state index in [1.165, 1.54) is 29.4 Å². The minimum atomic E-state index is -3.62. The smallest absolute Gasteiger partial charge is 0.256 e. The molecule has 2 aliphatic rings. The minimum Gasteiger partial charge on any atom is -0.371 e. The van der Waals surface area contributed by atoms with E-state index in [9.17, 15) is 13.2 Å². The number of carbonyl (C=O) groups excluding carboxylic acids is 1. The zero-order chi connectivity index (χ0) is 23.9. The summed E-state index contributed by atoms with van der Waals surface area (Å²) in [5, 5.41) is 1.25. The van der Waals surface area contributed by atoms with Gasteiger partial charge in [-0.3, -0.25) is 4.79 Å². The number of aromatic nitrogens is 1. The number of fused-ring (bicyclic) bond motifs is 1. The molecule has 34 heavy (non-hydrogen) atoms. The van der Waals surface area contributed by atoms with Gasteiger partial charge in [0.15, 0.2) is 0 Å². The monoisotopic (exact) mass is 480 g/mol. The van der Waals surface area contributed by atoms with Crippen LogP contribution in [0.25, 0.3) is 10.9 Å². The first kappa shape index (κ1) is 22.9. The van der Waals surface area contributed by atoms with Crippen LogP contribution in [0.1, 0.15) is 47.5 Å². The average Bonchev–Trinajstić information content (AvgIpc) is 3.54. The third-order valence-electron chi connectivity index (χ3n) is 7.27. The first-order chi connectivity index (χ1) is 16.4. The van der Waals surface area contributed by atoms with E-state index in [0.717, 1.165) is 50.0 Å². The molecular weight excluding hydrogens is 448 g/mol. The van der Waals surface area contributed by atoms with E-state index in [1.807, 2.05) is 17.0 Å². The lowest BCUT2D eigenvalue weighted by atomic mass is 9.89. The van der Waals surface area contributed by atoms with Gasteiger partial charge in [0.05, 0.1) is 10.5 Å². The van der Waals surface area contributed by atoms with E-state index < -0.39 is 10.0 Å². The third-order valence-corrected chi connectivity index (χ3v) is 9.08. The molecule has 1 amide bonds. The van der Waals surface area contributed by atoms with E-state index >= 15 is 0 Å². The molecule has 0 unspecified atom stereocenters. The van der Waals surface area contributed by atoms with Gasteiger partial charge in [0.2, 0.25) is 10.0 Å². The highest BCUT2D eigenvalue weighted by Gasteiger charge is 2.30. The Morgan fingerprint density at radius 2 is 1.71 bits per heavy atom. The van der Waals surface area contributed by atoms with Crippen molar-refractivity contribution < 1.29 is 13.2 Å². The molecule has 1 aromatic heterocycles. The standard InChI is InChI=1S/C26H32N4O3S/c1-28(2)34(32,33)20-9-10-25(29-13-5-6-14-29)22(17-20)26(31)30-15-11-19(12-16-30)23-18-27-24-8-4-3-7-21(23)24/h3-4,7-10,17-19,27H,5-6,11-16H2,1-2H3. The zero-order valence-corrected chi connectivity index (χ0v) is 20.6. The maximum Gasteiger partial charge on any atom is 0.256 e. The second-order valence-electron chi connectivity index (χ2n) is 9.52. The molecule has 2 aromatic carbocycles. The van der Waals surface area contributed by atoms with E-state index in [0.29, 0.717) is 24.6 Å². The molecule has 0 saturated carbocycles. The quantitative estimate of drug-likeness (QED) is 0.598. The van der Waals surface area contributed by atoms with Crippen molar-refractivity contribution in [2.75, 3.05) is 45.2 Å². The number of para-hydroxylation sites is 1. The largest absolute Gasteiger partial charge is 0.371 e. The van der Waals surface area contributed by atoms with Crippen LogP contribution in [-0.2, 0) is 10.0 Å². The second kappa shape index (κ2) is 9.07. The number of H-pyrrole nitrogens is 1. The maximum absolute atomic E-state index is 13.7. The van der Waals surface area contributed by atoms with Crippen LogP contribution >= 0.6 is 0 Å². The van der Waals surface area contributed by atoms with Crippen molar-refractivity contribution in [2.45, 2.75) is 36.5 Å². The Bertz CT molecular complexity index is 1300. The number of anilines is 1. The molecule has 0 bridgehead atoms. The van der Waals surface area contributed by atoms with Gasteiger partial charge in [-0.15, -0.1) is 0 Å². The van der Waals surface area contributed by atoms with Gasteiger partial charge in [0.1, 0.15) is 0 Å². The number of hydrogen-bond donors (Lipinski definition) is 1. The molecule has 5 rings (SSSR count). The number of hydrogen-bond acceptors (Lipinski definition) is 4. The minimum absolute atomic E-state index is 0.0740. The summed E-state index contributed by atoms with van der Waals surface area (Å²) in [4.78, 5) is 21.3. The van der Waals surface area contributed by atoms with Gasteiger partial charge < -0.3 is 14.8 Å². The number of carbonyl (C=O) groups is 1. The molecule has 3 aromatic rings. The normalized spacial score (nSPS) is 17.7. The molecule has 8 heteroatoms. The Morgan fingerprint density at radius 3 is 2.41 bits per heavy atom. The number of aromatic amines is 1. The van der Waals surface area contributed by atoms with Crippen molar-refractivity contribution >= 4 is 32.5 Å². The zero-order valence-electron chi connectivity index (χ0n) is 19.8. The highest BCUT2D eigenvalue weighted by atomic mass is 32.2. The summed E-state index contributed by atoms with van der Waals surface area (Å²) in [6.45, 7) is 3.10. The number of piperidine rings is 1. The molecule has 1 N–H and O–H groups in total. The third kappa shape index (κ3) is 4.09. The number of sulfonamides is 1. The van der Waals surface area contributed by atoms with Crippen molar-refractivity contribution in [1.29, 1.82) is 0 Å². The summed E-state index contributed by atoms with van der Waals surface area (Å²) in [5.74, 6) is 0.328. The topological polar surface area (TPSA) is 76.7 Å². The highest BCUT2D eigenvalue weighted by molar-refractivity contribution is 7.89. The van der Waals surface area contributed by atoms with E-state index in [2.05, 4.69) is 34.3 Å². The molecule has 0 spiro atoms. The van der Waals surface area contributed by atoms with Crippen molar-refractivity contribution in [3.63, 3.8) is 0 Å².